The summed E-state index contributed by atoms with van der Waals surface area (Å²) in [7, 11) is 1.22. The molecule has 8 nitrogen and oxygen atoms in total. The molecule has 24 heavy (non-hydrogen) atoms. The molecule has 1 aliphatic rings. The topological polar surface area (TPSA) is 122 Å². The van der Waals surface area contributed by atoms with Crippen LogP contribution in [0.1, 0.15) is 23.2 Å². The second kappa shape index (κ2) is 8.14. The van der Waals surface area contributed by atoms with E-state index in [0.717, 1.165) is 6.08 Å². The molecule has 1 fully saturated rings. The van der Waals surface area contributed by atoms with E-state index in [0.29, 0.717) is 11.1 Å². The van der Waals surface area contributed by atoms with Gasteiger partial charge in [-0.3, -0.25) is 0 Å². The van der Waals surface area contributed by atoms with E-state index in [1.54, 1.807) is 30.3 Å². The third kappa shape index (κ3) is 4.34. The van der Waals surface area contributed by atoms with Crippen LogP contribution >= 0.6 is 0 Å². The van der Waals surface area contributed by atoms with Crippen LogP contribution in [0.2, 0.25) is 0 Å². The average molecular weight is 331 g/mol. The number of hydrogen-bond donors (Lipinski definition) is 1. The SMILES string of the molecule is COC(=O)/C=C1/C[C@H](O)C[C@@H](N=[N+]=[N-])[C@@H]1OC(=O)c1ccccc1. The van der Waals surface area contributed by atoms with Crippen LogP contribution in [0.4, 0.5) is 0 Å². The van der Waals surface area contributed by atoms with Crippen molar-refractivity contribution in [3.63, 3.8) is 0 Å². The summed E-state index contributed by atoms with van der Waals surface area (Å²) in [6.07, 6.45) is -0.320. The lowest BCUT2D eigenvalue weighted by Crippen LogP contribution is -2.40. The summed E-state index contributed by atoms with van der Waals surface area (Å²) < 4.78 is 10.0. The second-order valence-electron chi connectivity index (χ2n) is 5.30. The molecule has 2 rings (SSSR count). The Morgan fingerprint density at radius 1 is 1.38 bits per heavy atom. The number of esters is 2. The fourth-order valence-corrected chi connectivity index (χ4v) is 2.56. The molecule has 0 aromatic heterocycles. The Morgan fingerprint density at radius 3 is 2.71 bits per heavy atom. The van der Waals surface area contributed by atoms with Crippen LogP contribution in [0.25, 0.3) is 10.4 Å². The normalized spacial score (nSPS) is 24.8. The molecule has 1 aromatic carbocycles. The van der Waals surface area contributed by atoms with Gasteiger partial charge >= 0.3 is 11.9 Å². The van der Waals surface area contributed by atoms with Crippen molar-refractivity contribution in [1.29, 1.82) is 0 Å². The van der Waals surface area contributed by atoms with Crippen molar-refractivity contribution in [2.75, 3.05) is 7.11 Å². The Balaban J connectivity index is 2.30. The second-order valence-corrected chi connectivity index (χ2v) is 5.30. The number of aliphatic hydroxyl groups is 1. The van der Waals surface area contributed by atoms with Gasteiger partial charge in [0.2, 0.25) is 0 Å². The van der Waals surface area contributed by atoms with Gasteiger partial charge in [0.05, 0.1) is 24.8 Å². The van der Waals surface area contributed by atoms with Crippen LogP contribution in [-0.2, 0) is 14.3 Å². The first kappa shape index (κ1) is 17.5. The number of carbonyl (C=O) groups excluding carboxylic acids is 2. The van der Waals surface area contributed by atoms with E-state index in [1.807, 2.05) is 0 Å². The van der Waals surface area contributed by atoms with E-state index in [4.69, 9.17) is 10.3 Å². The summed E-state index contributed by atoms with van der Waals surface area (Å²) in [6, 6.07) is 7.52. The minimum Gasteiger partial charge on any atom is -0.466 e. The molecule has 0 amide bonds. The molecule has 1 aromatic rings. The van der Waals surface area contributed by atoms with Crippen molar-refractivity contribution in [2.24, 2.45) is 5.11 Å². The van der Waals surface area contributed by atoms with Gasteiger partial charge in [0.1, 0.15) is 6.10 Å². The first-order valence-electron chi connectivity index (χ1n) is 7.32. The van der Waals surface area contributed by atoms with Gasteiger partial charge in [0.15, 0.2) is 0 Å². The molecule has 0 aliphatic heterocycles. The lowest BCUT2D eigenvalue weighted by Gasteiger charge is -2.33. The lowest BCUT2D eigenvalue weighted by molar-refractivity contribution is -0.135. The van der Waals surface area contributed by atoms with Crippen molar-refractivity contribution in [3.8, 4) is 0 Å². The predicted molar refractivity (Wildman–Crippen MR) is 83.9 cm³/mol. The highest BCUT2D eigenvalue weighted by Gasteiger charge is 2.36. The number of rotatable bonds is 4. The molecular weight excluding hydrogens is 314 g/mol. The minimum absolute atomic E-state index is 0.124. The molecule has 0 unspecified atom stereocenters. The van der Waals surface area contributed by atoms with Crippen molar-refractivity contribution in [1.82, 2.24) is 0 Å². The third-order valence-corrected chi connectivity index (χ3v) is 3.65. The molecule has 1 aliphatic carbocycles. The summed E-state index contributed by atoms with van der Waals surface area (Å²) in [5.74, 6) is -1.24. The van der Waals surface area contributed by atoms with Crippen LogP contribution in [0, 0.1) is 0 Å². The zero-order valence-electron chi connectivity index (χ0n) is 13.0. The summed E-state index contributed by atoms with van der Waals surface area (Å²) >= 11 is 0. The van der Waals surface area contributed by atoms with E-state index < -0.39 is 30.2 Å². The first-order valence-corrected chi connectivity index (χ1v) is 7.32. The minimum atomic E-state index is -0.934. The summed E-state index contributed by atoms with van der Waals surface area (Å²) in [4.78, 5) is 26.5. The van der Waals surface area contributed by atoms with E-state index in [2.05, 4.69) is 14.8 Å². The molecule has 0 spiro atoms. The molecule has 1 saturated carbocycles. The van der Waals surface area contributed by atoms with Crippen molar-refractivity contribution < 1.29 is 24.2 Å². The molecule has 0 saturated heterocycles. The van der Waals surface area contributed by atoms with Gasteiger partial charge in [-0.05, 0) is 36.1 Å². The fraction of sp³-hybridized carbons (Fsp3) is 0.375. The lowest BCUT2D eigenvalue weighted by atomic mass is 9.85. The fourth-order valence-electron chi connectivity index (χ4n) is 2.56. The summed E-state index contributed by atoms with van der Waals surface area (Å²) in [5.41, 5.74) is 9.40. The summed E-state index contributed by atoms with van der Waals surface area (Å²) in [6.45, 7) is 0. The Labute approximate surface area is 138 Å². The molecule has 0 radical (unpaired) electrons. The Hall–Kier alpha value is -2.83. The molecule has 126 valence electrons. The third-order valence-electron chi connectivity index (χ3n) is 3.65. The van der Waals surface area contributed by atoms with Crippen molar-refractivity contribution in [3.05, 3.63) is 58.0 Å². The van der Waals surface area contributed by atoms with E-state index >= 15 is 0 Å². The van der Waals surface area contributed by atoms with Crippen molar-refractivity contribution in [2.45, 2.75) is 31.1 Å². The molecule has 0 bridgehead atoms. The number of carbonyl (C=O) groups is 2. The van der Waals surface area contributed by atoms with E-state index in [9.17, 15) is 14.7 Å². The standard InChI is InChI=1S/C16H17N3O5/c1-23-14(21)8-11-7-12(20)9-13(18-19-17)15(11)24-16(22)10-5-3-2-4-6-10/h2-6,8,12-13,15,20H,7,9H2,1H3/b11-8-/t12-,13+,15+/m0/s1. The number of nitrogens with zero attached hydrogens (tertiary/aromatic N) is 3. The van der Waals surface area contributed by atoms with Gasteiger partial charge in [-0.25, -0.2) is 9.59 Å². The number of benzene rings is 1. The average Bonchev–Trinajstić information content (AvgIpc) is 2.58. The monoisotopic (exact) mass is 331 g/mol. The van der Waals surface area contributed by atoms with Crippen LogP contribution in [0.5, 0.6) is 0 Å². The zero-order chi connectivity index (χ0) is 17.5. The smallest absolute Gasteiger partial charge is 0.338 e. The Morgan fingerprint density at radius 2 is 2.08 bits per heavy atom. The van der Waals surface area contributed by atoms with Crippen molar-refractivity contribution >= 4 is 11.9 Å². The maximum Gasteiger partial charge on any atom is 0.338 e. The number of ether oxygens (including phenoxy) is 2. The van der Waals surface area contributed by atoms with E-state index in [1.165, 1.54) is 7.11 Å². The maximum atomic E-state index is 12.3. The van der Waals surface area contributed by atoms with Crippen LogP contribution in [0.15, 0.2) is 47.1 Å². The van der Waals surface area contributed by atoms with Gasteiger partial charge in [-0.1, -0.05) is 23.3 Å². The van der Waals surface area contributed by atoms with Gasteiger partial charge < -0.3 is 14.6 Å². The number of methoxy groups -OCH3 is 1. The molecular formula is C16H17N3O5. The van der Waals surface area contributed by atoms with Gasteiger partial charge in [-0.2, -0.15) is 0 Å². The van der Waals surface area contributed by atoms with Gasteiger partial charge in [-0.15, -0.1) is 0 Å². The molecule has 8 heteroatoms. The zero-order valence-corrected chi connectivity index (χ0v) is 13.0. The molecule has 3 atom stereocenters. The highest BCUT2D eigenvalue weighted by molar-refractivity contribution is 5.90. The Kier molecular flexibility index (Phi) is 5.95. The largest absolute Gasteiger partial charge is 0.466 e. The van der Waals surface area contributed by atoms with Crippen LogP contribution in [0.3, 0.4) is 0 Å². The van der Waals surface area contributed by atoms with Crippen LogP contribution in [-0.4, -0.2) is 42.4 Å². The predicted octanol–water partition coefficient (Wildman–Crippen LogP) is 2.14. The summed E-state index contributed by atoms with van der Waals surface area (Å²) in [5, 5.41) is 13.5. The quantitative estimate of drug-likeness (QED) is 0.298. The number of aliphatic hydroxyl groups excluding tert-OH is 1. The highest BCUT2D eigenvalue weighted by atomic mass is 16.5. The first-order chi connectivity index (χ1) is 11.5. The van der Waals surface area contributed by atoms with E-state index in [-0.39, 0.29) is 12.8 Å². The van der Waals surface area contributed by atoms with Crippen LogP contribution < -0.4 is 0 Å². The highest BCUT2D eigenvalue weighted by Crippen LogP contribution is 2.30. The number of azide groups is 1. The van der Waals surface area contributed by atoms with Gasteiger partial charge in [0, 0.05) is 11.0 Å². The van der Waals surface area contributed by atoms with Gasteiger partial charge in [0.25, 0.3) is 0 Å². The molecule has 1 N–H and O–H groups in total. The maximum absolute atomic E-state index is 12.3. The Bertz CT molecular complexity index is 682. The number of hydrogen-bond acceptors (Lipinski definition) is 6. The molecule has 0 heterocycles.